The Hall–Kier alpha value is -6.48. The van der Waals surface area contributed by atoms with E-state index in [-0.39, 0.29) is 71.9 Å². The smallest absolute Gasteiger partial charge is 0.336 e. The quantitative estimate of drug-likeness (QED) is 0.0323. The minimum atomic E-state index is -1.27. The molecular formula is C46H47N3O11S. The monoisotopic (exact) mass is 849 g/mol. The number of thioether (sulfide) groups is 1. The zero-order chi connectivity index (χ0) is 43.3. The van der Waals surface area contributed by atoms with Crippen molar-refractivity contribution in [3.8, 4) is 28.2 Å². The molecule has 0 bridgehead atoms. The molecule has 1 aliphatic carbocycles. The first-order valence-corrected chi connectivity index (χ1v) is 21.4. The number of phenols is 1. The standard InChI is InChI=1S/C46H47N3O11S/c50-31-16-19-34-37(27-31)59-38-28-32(51)17-20-35(38)42(34)33-18-15-30(26-36(33)46(57)58)44(55)47-23-24-48-45(56)43(29-12-8-7-9-13-29)61-25-11-6-4-2-1-3-5-10-14-41(54)60-49-39(52)21-22-40(49)53/h7-9,12-13,15-20,26-28,43,50H,1-6,10-11,14,21-25H2,(H,47,55)(H,48,56)(H,57,58). The highest BCUT2D eigenvalue weighted by Gasteiger charge is 2.32. The number of carbonyl (C=O) groups excluding carboxylic acids is 5. The van der Waals surface area contributed by atoms with Gasteiger partial charge in [0.05, 0.1) is 5.56 Å². The maximum atomic E-state index is 13.4. The Kier molecular flexibility index (Phi) is 15.3. The van der Waals surface area contributed by atoms with E-state index in [1.807, 2.05) is 30.3 Å². The predicted octanol–water partition coefficient (Wildman–Crippen LogP) is 7.41. The Morgan fingerprint density at radius 2 is 1.43 bits per heavy atom. The minimum Gasteiger partial charge on any atom is -0.508 e. The third-order valence-corrected chi connectivity index (χ3v) is 11.6. The molecule has 2 aliphatic heterocycles. The zero-order valence-corrected chi connectivity index (χ0v) is 34.3. The van der Waals surface area contributed by atoms with Crippen LogP contribution in [-0.2, 0) is 24.0 Å². The summed E-state index contributed by atoms with van der Waals surface area (Å²) in [6, 6.07) is 22.4. The highest BCUT2D eigenvalue weighted by Crippen LogP contribution is 2.42. The van der Waals surface area contributed by atoms with E-state index in [0.717, 1.165) is 56.3 Å². The molecule has 15 heteroatoms. The number of hydroxylamine groups is 2. The summed E-state index contributed by atoms with van der Waals surface area (Å²) in [5.74, 6) is -2.58. The topological polar surface area (TPSA) is 210 Å². The van der Waals surface area contributed by atoms with Crippen molar-refractivity contribution >= 4 is 58.3 Å². The van der Waals surface area contributed by atoms with Gasteiger partial charge in [0.25, 0.3) is 17.7 Å². The number of rotatable bonds is 21. The van der Waals surface area contributed by atoms with Crippen LogP contribution >= 0.6 is 11.8 Å². The summed E-state index contributed by atoms with van der Waals surface area (Å²) in [6.45, 7) is 0.249. The number of amides is 4. The number of imide groups is 1. The molecule has 1 atom stereocenters. The van der Waals surface area contributed by atoms with Gasteiger partial charge >= 0.3 is 11.9 Å². The Morgan fingerprint density at radius 1 is 0.754 bits per heavy atom. The highest BCUT2D eigenvalue weighted by atomic mass is 32.2. The maximum absolute atomic E-state index is 13.4. The Bertz CT molecular complexity index is 2420. The van der Waals surface area contributed by atoms with Crippen molar-refractivity contribution in [2.24, 2.45) is 0 Å². The lowest BCUT2D eigenvalue weighted by Crippen LogP contribution is -2.36. The number of carboxylic acid groups (broad SMARTS) is 1. The van der Waals surface area contributed by atoms with Crippen LogP contribution in [0.2, 0.25) is 0 Å². The van der Waals surface area contributed by atoms with Gasteiger partial charge in [0.1, 0.15) is 22.3 Å². The molecule has 318 valence electrons. The Balaban J connectivity index is 0.948. The average Bonchev–Trinajstić information content (AvgIpc) is 3.56. The van der Waals surface area contributed by atoms with Crippen molar-refractivity contribution in [3.05, 3.63) is 112 Å². The largest absolute Gasteiger partial charge is 0.508 e. The van der Waals surface area contributed by atoms with E-state index in [0.29, 0.717) is 33.6 Å². The number of aromatic hydroxyl groups is 1. The number of fused-ring (bicyclic) bond motifs is 2. The maximum Gasteiger partial charge on any atom is 0.336 e. The van der Waals surface area contributed by atoms with E-state index >= 15 is 0 Å². The van der Waals surface area contributed by atoms with Crippen LogP contribution in [0.1, 0.15) is 102 Å². The summed E-state index contributed by atoms with van der Waals surface area (Å²) >= 11 is 1.56. The fourth-order valence-corrected chi connectivity index (χ4v) is 8.37. The number of aromatic carboxylic acids is 1. The van der Waals surface area contributed by atoms with Gasteiger partial charge in [0.15, 0.2) is 5.43 Å². The summed E-state index contributed by atoms with van der Waals surface area (Å²) in [4.78, 5) is 91.4. The van der Waals surface area contributed by atoms with Crippen molar-refractivity contribution in [1.29, 1.82) is 0 Å². The van der Waals surface area contributed by atoms with Gasteiger partial charge in [-0.1, -0.05) is 74.9 Å². The molecule has 0 radical (unpaired) electrons. The molecule has 0 spiro atoms. The van der Waals surface area contributed by atoms with Crippen LogP contribution in [0, 0.1) is 0 Å². The van der Waals surface area contributed by atoms with Gasteiger partial charge in [0, 0.05) is 66.6 Å². The molecule has 2 heterocycles. The van der Waals surface area contributed by atoms with Crippen molar-refractivity contribution in [2.45, 2.75) is 75.9 Å². The van der Waals surface area contributed by atoms with E-state index in [9.17, 15) is 43.8 Å². The molecule has 1 fully saturated rings. The summed E-state index contributed by atoms with van der Waals surface area (Å²) in [7, 11) is 0. The number of unbranched alkanes of at least 4 members (excludes halogenated alkanes) is 7. The van der Waals surface area contributed by atoms with Gasteiger partial charge < -0.3 is 30.1 Å². The molecule has 3 aromatic carbocycles. The van der Waals surface area contributed by atoms with Crippen LogP contribution in [0.25, 0.3) is 33.4 Å². The van der Waals surface area contributed by atoms with Gasteiger partial charge in [-0.2, -0.15) is 0 Å². The lowest BCUT2D eigenvalue weighted by Gasteiger charge is -2.18. The first-order valence-electron chi connectivity index (χ1n) is 20.4. The average molecular weight is 850 g/mol. The summed E-state index contributed by atoms with van der Waals surface area (Å²) in [5, 5.41) is 26.7. The summed E-state index contributed by atoms with van der Waals surface area (Å²) < 4.78 is 5.89. The number of hydrogen-bond donors (Lipinski definition) is 4. The Morgan fingerprint density at radius 3 is 2.15 bits per heavy atom. The van der Waals surface area contributed by atoms with Crippen LogP contribution in [0.3, 0.4) is 0 Å². The van der Waals surface area contributed by atoms with E-state index in [4.69, 9.17) is 9.25 Å². The normalized spacial score (nSPS) is 13.1. The van der Waals surface area contributed by atoms with Crippen LogP contribution < -0.4 is 16.1 Å². The van der Waals surface area contributed by atoms with Crippen molar-refractivity contribution < 1.29 is 48.2 Å². The van der Waals surface area contributed by atoms with Gasteiger partial charge in [-0.25, -0.2) is 9.59 Å². The van der Waals surface area contributed by atoms with Crippen molar-refractivity contribution in [2.75, 3.05) is 18.8 Å². The van der Waals surface area contributed by atoms with Gasteiger partial charge in [-0.3, -0.25) is 24.0 Å². The molecule has 4 amide bonds. The zero-order valence-electron chi connectivity index (χ0n) is 33.5. The molecule has 14 nitrogen and oxygen atoms in total. The fourth-order valence-electron chi connectivity index (χ4n) is 7.18. The molecule has 3 aromatic rings. The Labute approximate surface area is 355 Å². The van der Waals surface area contributed by atoms with E-state index in [1.54, 1.807) is 23.9 Å². The molecule has 6 rings (SSSR count). The van der Waals surface area contributed by atoms with E-state index in [1.165, 1.54) is 42.5 Å². The second kappa shape index (κ2) is 21.2. The number of nitrogens with zero attached hydrogens (tertiary/aromatic N) is 1. The van der Waals surface area contributed by atoms with Crippen LogP contribution in [-0.4, -0.2) is 69.7 Å². The van der Waals surface area contributed by atoms with Crippen molar-refractivity contribution in [1.82, 2.24) is 15.7 Å². The van der Waals surface area contributed by atoms with E-state index in [2.05, 4.69) is 10.6 Å². The molecule has 61 heavy (non-hydrogen) atoms. The van der Waals surface area contributed by atoms with E-state index < -0.39 is 34.9 Å². The van der Waals surface area contributed by atoms with Crippen LogP contribution in [0.5, 0.6) is 5.75 Å². The molecule has 1 unspecified atom stereocenters. The molecule has 1 saturated heterocycles. The second-order valence-electron chi connectivity index (χ2n) is 14.7. The van der Waals surface area contributed by atoms with Crippen molar-refractivity contribution in [3.63, 3.8) is 0 Å². The summed E-state index contributed by atoms with van der Waals surface area (Å²) in [5.41, 5.74) is 2.01. The number of carbonyl (C=O) groups is 6. The molecule has 0 saturated carbocycles. The molecular weight excluding hydrogens is 803 g/mol. The number of phenolic OH excluding ortho intramolecular Hbond substituents is 1. The second-order valence-corrected chi connectivity index (χ2v) is 15.9. The molecule has 3 aliphatic rings. The third kappa shape index (κ3) is 11.6. The molecule has 4 N–H and O–H groups in total. The third-order valence-electron chi connectivity index (χ3n) is 10.3. The number of nitrogens with one attached hydrogen (secondary N) is 2. The van der Waals surface area contributed by atoms with Crippen LogP contribution in [0.15, 0.2) is 94.1 Å². The minimum absolute atomic E-state index is 0.0696. The highest BCUT2D eigenvalue weighted by molar-refractivity contribution is 8.00. The molecule has 0 aromatic heterocycles. The number of hydrogen-bond acceptors (Lipinski definition) is 11. The fraction of sp³-hybridized carbons (Fsp3) is 0.326. The lowest BCUT2D eigenvalue weighted by molar-refractivity contribution is -0.197. The first-order chi connectivity index (χ1) is 29.5. The predicted molar refractivity (Wildman–Crippen MR) is 229 cm³/mol. The lowest BCUT2D eigenvalue weighted by atomic mass is 9.90. The SMILES string of the molecule is O=C(CCCCCCCCCCSC(C(=O)NCCNC(=O)c1ccc(-c2c3ccc(=O)cc-3oc3cc(O)ccc23)c(C(=O)O)c1)c1ccccc1)ON1C(=O)CCC1=O. The summed E-state index contributed by atoms with van der Waals surface area (Å²) in [6.07, 6.45) is 7.84. The van der Waals surface area contributed by atoms with Gasteiger partial charge in [-0.15, -0.1) is 16.8 Å². The first kappa shape index (κ1) is 44.1. The van der Waals surface area contributed by atoms with Gasteiger partial charge in [0.2, 0.25) is 5.91 Å². The number of carboxylic acids is 1. The van der Waals surface area contributed by atoms with Gasteiger partial charge in [-0.05, 0) is 66.1 Å². The number of benzene rings is 4. The van der Waals surface area contributed by atoms with Crippen LogP contribution in [0.4, 0.5) is 0 Å².